The van der Waals surface area contributed by atoms with Crippen LogP contribution in [0.1, 0.15) is 6.92 Å². The van der Waals surface area contributed by atoms with E-state index in [2.05, 4.69) is 5.32 Å². The standard InChI is InChI=1S/C20H22F2N2O5S/c1-2-24(11-15-13-28-17-5-3-4-6-18(17)29-15)12-19(25)23-14-7-9-16(10-8-14)30(26,27)20(21)22/h3-10,15,20H,2,11-13H2,1H3,(H,23,25). The van der Waals surface area contributed by atoms with Gasteiger partial charge in [-0.3, -0.25) is 9.69 Å². The van der Waals surface area contributed by atoms with Crippen molar-refractivity contribution in [2.75, 3.05) is 31.6 Å². The third kappa shape index (κ3) is 5.25. The second-order valence-electron chi connectivity index (χ2n) is 6.70. The van der Waals surface area contributed by atoms with Gasteiger partial charge < -0.3 is 14.8 Å². The van der Waals surface area contributed by atoms with Gasteiger partial charge in [0.05, 0.1) is 11.4 Å². The van der Waals surface area contributed by atoms with E-state index in [0.717, 1.165) is 12.1 Å². The highest BCUT2D eigenvalue weighted by atomic mass is 32.2. The number of carbonyl (C=O) groups is 1. The topological polar surface area (TPSA) is 84.9 Å². The quantitative estimate of drug-likeness (QED) is 0.680. The number of benzene rings is 2. The van der Waals surface area contributed by atoms with Gasteiger partial charge in [0.1, 0.15) is 12.7 Å². The predicted molar refractivity (Wildman–Crippen MR) is 107 cm³/mol. The number of rotatable bonds is 8. The van der Waals surface area contributed by atoms with Gasteiger partial charge in [-0.15, -0.1) is 0 Å². The number of likely N-dealkylation sites (N-methyl/N-ethyl adjacent to an activating group) is 1. The molecule has 0 aliphatic carbocycles. The first kappa shape index (κ1) is 22.0. The Balaban J connectivity index is 1.54. The average Bonchev–Trinajstić information content (AvgIpc) is 2.73. The van der Waals surface area contributed by atoms with Crippen LogP contribution in [0, 0.1) is 0 Å². The Morgan fingerprint density at radius 1 is 1.17 bits per heavy atom. The van der Waals surface area contributed by atoms with E-state index in [-0.39, 0.29) is 18.6 Å². The molecule has 0 aromatic heterocycles. The lowest BCUT2D eigenvalue weighted by atomic mass is 10.2. The first-order chi connectivity index (χ1) is 14.3. The Morgan fingerprint density at radius 3 is 2.47 bits per heavy atom. The molecule has 1 aliphatic heterocycles. The fraction of sp³-hybridized carbons (Fsp3) is 0.350. The molecule has 0 bridgehead atoms. The van der Waals surface area contributed by atoms with Crippen LogP contribution in [-0.2, 0) is 14.6 Å². The molecule has 3 rings (SSSR count). The van der Waals surface area contributed by atoms with Crippen LogP contribution in [-0.4, -0.2) is 57.3 Å². The maximum Gasteiger partial charge on any atom is 0.341 e. The summed E-state index contributed by atoms with van der Waals surface area (Å²) in [6.07, 6.45) is -0.230. The van der Waals surface area contributed by atoms with E-state index in [1.807, 2.05) is 36.1 Å². The van der Waals surface area contributed by atoms with Crippen molar-refractivity contribution in [2.24, 2.45) is 0 Å². The fourth-order valence-electron chi connectivity index (χ4n) is 2.98. The predicted octanol–water partition coefficient (Wildman–Crippen LogP) is 2.78. The molecule has 1 unspecified atom stereocenters. The Hall–Kier alpha value is -2.72. The van der Waals surface area contributed by atoms with Crippen LogP contribution in [0.15, 0.2) is 53.4 Å². The van der Waals surface area contributed by atoms with E-state index >= 15 is 0 Å². The van der Waals surface area contributed by atoms with Crippen molar-refractivity contribution in [3.05, 3.63) is 48.5 Å². The van der Waals surface area contributed by atoms with Gasteiger partial charge in [0, 0.05) is 12.2 Å². The molecule has 10 heteroatoms. The maximum atomic E-state index is 12.6. The molecular weight excluding hydrogens is 418 g/mol. The molecule has 1 aliphatic rings. The molecule has 1 N–H and O–H groups in total. The molecule has 30 heavy (non-hydrogen) atoms. The molecule has 1 atom stereocenters. The van der Waals surface area contributed by atoms with Gasteiger partial charge in [0.2, 0.25) is 15.7 Å². The van der Waals surface area contributed by atoms with Gasteiger partial charge in [0.25, 0.3) is 0 Å². The third-order valence-corrected chi connectivity index (χ3v) is 5.94. The summed E-state index contributed by atoms with van der Waals surface area (Å²) >= 11 is 0. The molecule has 0 spiro atoms. The molecule has 1 heterocycles. The summed E-state index contributed by atoms with van der Waals surface area (Å²) in [6, 6.07) is 12.0. The van der Waals surface area contributed by atoms with Crippen molar-refractivity contribution in [3.63, 3.8) is 0 Å². The number of para-hydroxylation sites is 2. The van der Waals surface area contributed by atoms with Crippen molar-refractivity contribution < 1.29 is 31.5 Å². The van der Waals surface area contributed by atoms with Crippen LogP contribution in [0.25, 0.3) is 0 Å². The molecule has 0 fully saturated rings. The zero-order valence-corrected chi connectivity index (χ0v) is 17.1. The molecule has 0 saturated carbocycles. The molecule has 0 saturated heterocycles. The van der Waals surface area contributed by atoms with Crippen molar-refractivity contribution >= 4 is 21.4 Å². The summed E-state index contributed by atoms with van der Waals surface area (Å²) in [6.45, 7) is 3.43. The molecular formula is C20H22F2N2O5S. The van der Waals surface area contributed by atoms with Gasteiger partial charge in [-0.25, -0.2) is 8.42 Å². The van der Waals surface area contributed by atoms with Crippen LogP contribution in [0.2, 0.25) is 0 Å². The molecule has 7 nitrogen and oxygen atoms in total. The number of anilines is 1. The summed E-state index contributed by atoms with van der Waals surface area (Å²) in [4.78, 5) is 13.7. The number of hydrogen-bond acceptors (Lipinski definition) is 6. The summed E-state index contributed by atoms with van der Waals surface area (Å²) in [5, 5.41) is 2.63. The number of nitrogens with zero attached hydrogens (tertiary/aromatic N) is 1. The van der Waals surface area contributed by atoms with Gasteiger partial charge >= 0.3 is 5.76 Å². The minimum atomic E-state index is -4.66. The number of nitrogens with one attached hydrogen (secondary N) is 1. The SMILES string of the molecule is CCN(CC(=O)Nc1ccc(S(=O)(=O)C(F)F)cc1)CC1COc2ccccc2O1. The number of hydrogen-bond donors (Lipinski definition) is 1. The molecule has 0 radical (unpaired) electrons. The van der Waals surface area contributed by atoms with Crippen molar-refractivity contribution in [2.45, 2.75) is 23.7 Å². The number of amides is 1. The van der Waals surface area contributed by atoms with E-state index < -0.39 is 20.5 Å². The normalized spacial score (nSPS) is 16.0. The summed E-state index contributed by atoms with van der Waals surface area (Å²) in [5.41, 5.74) is 0.315. The highest BCUT2D eigenvalue weighted by Gasteiger charge is 2.26. The smallest absolute Gasteiger partial charge is 0.341 e. The maximum absolute atomic E-state index is 12.6. The van der Waals surface area contributed by atoms with Crippen LogP contribution >= 0.6 is 0 Å². The second-order valence-corrected chi connectivity index (χ2v) is 8.62. The lowest BCUT2D eigenvalue weighted by Gasteiger charge is -2.30. The lowest BCUT2D eigenvalue weighted by Crippen LogP contribution is -2.43. The molecule has 1 amide bonds. The molecule has 162 valence electrons. The lowest BCUT2D eigenvalue weighted by molar-refractivity contribution is -0.117. The minimum Gasteiger partial charge on any atom is -0.486 e. The van der Waals surface area contributed by atoms with Gasteiger partial charge in [-0.1, -0.05) is 19.1 Å². The third-order valence-electron chi connectivity index (χ3n) is 4.54. The van der Waals surface area contributed by atoms with Crippen LogP contribution < -0.4 is 14.8 Å². The minimum absolute atomic E-state index is 0.0785. The number of fused-ring (bicyclic) bond motifs is 1. The van der Waals surface area contributed by atoms with Gasteiger partial charge in [-0.2, -0.15) is 8.78 Å². The fourth-order valence-corrected chi connectivity index (χ4v) is 3.70. The number of sulfone groups is 1. The van der Waals surface area contributed by atoms with Gasteiger partial charge in [-0.05, 0) is 42.9 Å². The first-order valence-corrected chi connectivity index (χ1v) is 10.9. The monoisotopic (exact) mass is 440 g/mol. The Labute approximate surface area is 173 Å². The Bertz CT molecular complexity index is 983. The summed E-state index contributed by atoms with van der Waals surface area (Å²) < 4.78 is 59.7. The summed E-state index contributed by atoms with van der Waals surface area (Å²) in [7, 11) is -4.66. The number of carbonyl (C=O) groups excluding carboxylic acids is 1. The van der Waals surface area contributed by atoms with E-state index in [1.165, 1.54) is 12.1 Å². The second kappa shape index (κ2) is 9.40. The van der Waals surface area contributed by atoms with Crippen molar-refractivity contribution in [1.82, 2.24) is 4.90 Å². The van der Waals surface area contributed by atoms with E-state index in [0.29, 0.717) is 36.9 Å². The first-order valence-electron chi connectivity index (χ1n) is 9.32. The van der Waals surface area contributed by atoms with Crippen molar-refractivity contribution in [3.8, 4) is 11.5 Å². The Kier molecular flexibility index (Phi) is 6.88. The van der Waals surface area contributed by atoms with E-state index in [1.54, 1.807) is 0 Å². The van der Waals surface area contributed by atoms with Crippen LogP contribution in [0.5, 0.6) is 11.5 Å². The number of halogens is 2. The highest BCUT2D eigenvalue weighted by Crippen LogP contribution is 2.31. The summed E-state index contributed by atoms with van der Waals surface area (Å²) in [5.74, 6) is -2.47. The Morgan fingerprint density at radius 2 is 1.83 bits per heavy atom. The molecule has 2 aromatic carbocycles. The number of ether oxygens (including phenoxy) is 2. The zero-order chi connectivity index (χ0) is 21.7. The number of alkyl halides is 2. The van der Waals surface area contributed by atoms with E-state index in [9.17, 15) is 22.0 Å². The molecule has 2 aromatic rings. The van der Waals surface area contributed by atoms with Crippen molar-refractivity contribution in [1.29, 1.82) is 0 Å². The van der Waals surface area contributed by atoms with Gasteiger partial charge in [0.15, 0.2) is 11.5 Å². The van der Waals surface area contributed by atoms with Crippen LogP contribution in [0.3, 0.4) is 0 Å². The van der Waals surface area contributed by atoms with E-state index in [4.69, 9.17) is 9.47 Å². The average molecular weight is 440 g/mol. The zero-order valence-electron chi connectivity index (χ0n) is 16.3. The highest BCUT2D eigenvalue weighted by molar-refractivity contribution is 7.91. The largest absolute Gasteiger partial charge is 0.486 e. The van der Waals surface area contributed by atoms with Crippen LogP contribution in [0.4, 0.5) is 14.5 Å².